The molecule has 21 heteroatoms. The van der Waals surface area contributed by atoms with Crippen molar-refractivity contribution in [2.45, 2.75) is 100 Å². The van der Waals surface area contributed by atoms with Gasteiger partial charge >= 0.3 is 0 Å². The van der Waals surface area contributed by atoms with Gasteiger partial charge in [0.2, 0.25) is 40.5 Å². The van der Waals surface area contributed by atoms with Crippen LogP contribution >= 0.6 is 0 Å². The van der Waals surface area contributed by atoms with E-state index in [4.69, 9.17) is 0 Å². The van der Waals surface area contributed by atoms with Crippen LogP contribution in [0, 0.1) is 5.92 Å². The van der Waals surface area contributed by atoms with Crippen LogP contribution < -0.4 is 37.2 Å². The smallest absolute Gasteiger partial charge is 0.205 e. The summed E-state index contributed by atoms with van der Waals surface area (Å²) in [6.07, 6.45) is 37.6. The quantitative estimate of drug-likeness (QED) is 0.0117. The first-order valence-electron chi connectivity index (χ1n) is 32.5. The first-order valence-corrected chi connectivity index (χ1v) is 32.5. The Morgan fingerprint density at radius 1 is 0.347 bits per heavy atom. The van der Waals surface area contributed by atoms with Gasteiger partial charge in [0.1, 0.15) is 39.9 Å². The van der Waals surface area contributed by atoms with Gasteiger partial charge in [-0.3, -0.25) is 68.4 Å². The van der Waals surface area contributed by atoms with Gasteiger partial charge in [-0.05, 0) is 138 Å². The van der Waals surface area contributed by atoms with Crippen LogP contribution in [-0.4, -0.2) is 121 Å². The van der Waals surface area contributed by atoms with E-state index in [0.717, 1.165) is 51.9 Å². The number of nitrogens with one attached hydrogen (secondary N) is 7. The first-order chi connectivity index (χ1) is 47.5. The molecule has 7 rings (SSSR count). The number of hydrogen-bond acceptors (Lipinski definition) is 21. The average molecular weight is 1330 g/mol. The molecular formula is C77H98N14O7. The topological polar surface area (TPSA) is 294 Å². The molecule has 1 atom stereocenters. The Morgan fingerprint density at radius 2 is 0.633 bits per heavy atom. The van der Waals surface area contributed by atoms with Gasteiger partial charge in [0, 0.05) is 175 Å². The third-order valence-electron chi connectivity index (χ3n) is 11.9. The van der Waals surface area contributed by atoms with E-state index in [2.05, 4.69) is 114 Å². The number of carbonyl (C=O) groups excluding carboxylic acids is 7. The van der Waals surface area contributed by atoms with Gasteiger partial charge in [0.05, 0.1) is 0 Å². The summed E-state index contributed by atoms with van der Waals surface area (Å²) in [5, 5.41) is 20.9. The highest BCUT2D eigenvalue weighted by Gasteiger charge is 2.06. The van der Waals surface area contributed by atoms with Crippen molar-refractivity contribution < 1.29 is 33.6 Å². The second-order valence-corrected chi connectivity index (χ2v) is 21.1. The fourth-order valence-corrected chi connectivity index (χ4v) is 6.59. The molecule has 0 aliphatic heterocycles. The Bertz CT molecular complexity index is 3480. The standard InChI is InChI=1S/3C12H16N2O.2C11H14N2O.C10H12N2O.C9H10N2O/c1-10(2)9-13-8-6-12(15)11-5-3-4-7-14-11;1-3-10(2)13-9-7-12(15)11-6-4-5-8-14-11;1-2-3-8-13-10-7-12(15)11-6-4-5-9-14-11;1-9(2)12-8-6-11(14)10-5-3-4-7-13-10;1-2-7-12-9-6-11(14)10-5-3-4-8-13-10;1-2-11-8-6-10(13)9-5-3-4-7-12-9;1-10-7-5-9(12)8-4-2-3-6-11-8/h3-8,10,13H,9H2,1-2H3;4-10,13H,3H2,1-2H3;4-7,9-10,13H,2-3,8H2,1H3;3-9,12H,1-2H3;3-6,8-9,12H,2,7H2,1H3;3-8,11H,2H2,1H3;2-7,10H,1H3/b8-6-;9-7-;10-7-;8-6-;9-6-;8-6-;7-5-. The molecule has 7 heterocycles. The van der Waals surface area contributed by atoms with Crippen molar-refractivity contribution in [3.8, 4) is 0 Å². The minimum absolute atomic E-state index is 0.0698. The van der Waals surface area contributed by atoms with Crippen LogP contribution in [-0.2, 0) is 0 Å². The summed E-state index contributed by atoms with van der Waals surface area (Å²) in [5.74, 6) is 0.0110. The highest BCUT2D eigenvalue weighted by atomic mass is 16.1. The van der Waals surface area contributed by atoms with E-state index in [0.29, 0.717) is 57.9 Å². The van der Waals surface area contributed by atoms with E-state index in [9.17, 15) is 33.6 Å². The number of unbranched alkanes of at least 4 members (excludes halogenated alkanes) is 1. The number of hydrogen-bond donors (Lipinski definition) is 7. The number of ketones is 7. The highest BCUT2D eigenvalue weighted by molar-refractivity contribution is 6.05. The van der Waals surface area contributed by atoms with E-state index in [1.54, 1.807) is 221 Å². The summed E-state index contributed by atoms with van der Waals surface area (Å²) in [6, 6.07) is 37.7. The Kier molecular flexibility index (Phi) is 49.2. The van der Waals surface area contributed by atoms with E-state index in [1.807, 2.05) is 20.8 Å². The Morgan fingerprint density at radius 3 is 0.888 bits per heavy atom. The number of aromatic nitrogens is 7. The summed E-state index contributed by atoms with van der Waals surface area (Å²) in [6.45, 7) is 22.0. The van der Waals surface area contributed by atoms with Crippen molar-refractivity contribution in [1.29, 1.82) is 0 Å². The average Bonchev–Trinajstić information content (AvgIpc) is 3.03. The summed E-state index contributed by atoms with van der Waals surface area (Å²) in [5.41, 5.74) is 3.29. The maximum Gasteiger partial charge on any atom is 0.205 e. The zero-order valence-electron chi connectivity index (χ0n) is 58.1. The van der Waals surface area contributed by atoms with Crippen molar-refractivity contribution in [1.82, 2.24) is 72.1 Å². The van der Waals surface area contributed by atoms with Crippen LogP contribution in [0.1, 0.15) is 161 Å². The normalized spacial score (nSPS) is 10.8. The van der Waals surface area contributed by atoms with Crippen LogP contribution in [0.3, 0.4) is 0 Å². The van der Waals surface area contributed by atoms with E-state index < -0.39 is 0 Å². The minimum Gasteiger partial charge on any atom is -0.394 e. The minimum atomic E-state index is -0.0926. The van der Waals surface area contributed by atoms with Gasteiger partial charge < -0.3 is 37.2 Å². The summed E-state index contributed by atoms with van der Waals surface area (Å²) in [4.78, 5) is 108. The molecule has 7 aromatic heterocycles. The third kappa shape index (κ3) is 44.2. The lowest BCUT2D eigenvalue weighted by Gasteiger charge is -2.06. The summed E-state index contributed by atoms with van der Waals surface area (Å²) >= 11 is 0. The molecule has 7 aromatic rings. The van der Waals surface area contributed by atoms with Crippen molar-refractivity contribution in [2.75, 3.05) is 33.2 Å². The monoisotopic (exact) mass is 1330 g/mol. The first kappa shape index (κ1) is 84.5. The molecule has 0 aliphatic rings. The van der Waals surface area contributed by atoms with Gasteiger partial charge in [-0.15, -0.1) is 0 Å². The largest absolute Gasteiger partial charge is 0.394 e. The Balaban J connectivity index is 0.000000572. The third-order valence-corrected chi connectivity index (χ3v) is 11.9. The van der Waals surface area contributed by atoms with Crippen molar-refractivity contribution in [3.63, 3.8) is 0 Å². The predicted molar refractivity (Wildman–Crippen MR) is 392 cm³/mol. The molecule has 0 bridgehead atoms. The lowest BCUT2D eigenvalue weighted by atomic mass is 10.2. The zero-order valence-corrected chi connectivity index (χ0v) is 58.1. The van der Waals surface area contributed by atoms with E-state index in [-0.39, 0.29) is 40.5 Å². The maximum atomic E-state index is 11.5. The summed E-state index contributed by atoms with van der Waals surface area (Å²) < 4.78 is 0. The zero-order chi connectivity index (χ0) is 72.1. The van der Waals surface area contributed by atoms with Gasteiger partial charge in [-0.25, -0.2) is 0 Å². The van der Waals surface area contributed by atoms with Gasteiger partial charge in [-0.2, -0.15) is 0 Å². The number of nitrogens with zero attached hydrogens (tertiary/aromatic N) is 7. The van der Waals surface area contributed by atoms with Crippen LogP contribution in [0.25, 0.3) is 0 Å². The Labute approximate surface area is 579 Å². The van der Waals surface area contributed by atoms with Crippen molar-refractivity contribution in [2.24, 2.45) is 5.92 Å². The number of rotatable bonds is 32. The molecule has 0 fully saturated rings. The Hall–Kier alpha value is -11.5. The molecule has 0 aromatic carbocycles. The van der Waals surface area contributed by atoms with Crippen LogP contribution in [0.15, 0.2) is 257 Å². The predicted octanol–water partition coefficient (Wildman–Crippen LogP) is 12.3. The molecule has 21 nitrogen and oxygen atoms in total. The molecule has 518 valence electrons. The molecule has 0 spiro atoms. The lowest BCUT2D eigenvalue weighted by molar-refractivity contribution is 0.103. The van der Waals surface area contributed by atoms with Crippen LogP contribution in [0.4, 0.5) is 0 Å². The number of carbonyl (C=O) groups is 7. The van der Waals surface area contributed by atoms with E-state index >= 15 is 0 Å². The molecular weight excluding hydrogens is 1230 g/mol. The summed E-state index contributed by atoms with van der Waals surface area (Å²) in [7, 11) is 1.74. The van der Waals surface area contributed by atoms with Gasteiger partial charge in [-0.1, -0.05) is 83.5 Å². The molecule has 0 amide bonds. The fourth-order valence-electron chi connectivity index (χ4n) is 6.59. The van der Waals surface area contributed by atoms with Crippen LogP contribution in [0.2, 0.25) is 0 Å². The SMILES string of the molecule is CC(C)CN/C=C\C(=O)c1ccccn1.CC(C)N/C=C\C(=O)c1ccccn1.CCC(C)N/C=C\C(=O)c1ccccn1.CCCCN/C=C\C(=O)c1ccccn1.CCCN/C=C\C(=O)c1ccccn1.CCN/C=C\C(=O)c1ccccn1.CN/C=C\C(=O)c1ccccn1. The molecule has 0 aliphatic carbocycles. The number of pyridine rings is 7. The maximum absolute atomic E-state index is 11.5. The second-order valence-electron chi connectivity index (χ2n) is 21.1. The van der Waals surface area contributed by atoms with Crippen LogP contribution in [0.5, 0.6) is 0 Å². The second kappa shape index (κ2) is 57.0. The molecule has 1 unspecified atom stereocenters. The molecule has 0 radical (unpaired) electrons. The highest BCUT2D eigenvalue weighted by Crippen LogP contribution is 2.02. The molecule has 98 heavy (non-hydrogen) atoms. The molecule has 7 N–H and O–H groups in total. The van der Waals surface area contributed by atoms with Crippen molar-refractivity contribution in [3.05, 3.63) is 297 Å². The van der Waals surface area contributed by atoms with Gasteiger partial charge in [0.25, 0.3) is 0 Å². The molecule has 0 saturated heterocycles. The van der Waals surface area contributed by atoms with Crippen molar-refractivity contribution >= 4 is 40.5 Å². The fraction of sp³-hybridized carbons (Fsp3) is 0.273. The van der Waals surface area contributed by atoms with Gasteiger partial charge in [0.15, 0.2) is 0 Å². The lowest BCUT2D eigenvalue weighted by Crippen LogP contribution is -2.19. The van der Waals surface area contributed by atoms with E-state index in [1.165, 1.54) is 42.5 Å². The number of allylic oxidation sites excluding steroid dienone is 7. The molecule has 0 saturated carbocycles.